The molecule has 1 aromatic carbocycles. The Hall–Kier alpha value is -1.47. The monoisotopic (exact) mass is 346 g/mol. The van der Waals surface area contributed by atoms with Crippen LogP contribution < -0.4 is 0 Å². The molecule has 2 aromatic rings. The first kappa shape index (κ1) is 18.3. The first-order chi connectivity index (χ1) is 12.1. The molecule has 2 heterocycles. The zero-order chi connectivity index (χ0) is 17.8. The number of benzene rings is 1. The SMILES string of the molecule is COCCN(C)C[C@@H]1CN(Cc2nc3ccccc3n2C)C[C@@H]1CO. The van der Waals surface area contributed by atoms with E-state index in [1.807, 2.05) is 6.07 Å². The van der Waals surface area contributed by atoms with Gasteiger partial charge in [0.15, 0.2) is 0 Å². The van der Waals surface area contributed by atoms with Crippen molar-refractivity contribution >= 4 is 11.0 Å². The van der Waals surface area contributed by atoms with Gasteiger partial charge in [0, 0.05) is 46.9 Å². The summed E-state index contributed by atoms with van der Waals surface area (Å²) in [7, 11) is 5.94. The molecule has 0 amide bonds. The van der Waals surface area contributed by atoms with Crippen molar-refractivity contribution in [3.8, 4) is 0 Å². The van der Waals surface area contributed by atoms with Gasteiger partial charge in [-0.2, -0.15) is 0 Å². The fraction of sp³-hybridized carbons (Fsp3) is 0.632. The Labute approximate surface area is 150 Å². The molecule has 0 bridgehead atoms. The number of aromatic nitrogens is 2. The number of ether oxygens (including phenoxy) is 1. The number of likely N-dealkylation sites (tertiary alicyclic amines) is 1. The number of rotatable bonds is 8. The Kier molecular flexibility index (Phi) is 6.06. The second-order valence-electron chi connectivity index (χ2n) is 7.23. The number of nitrogens with zero attached hydrogens (tertiary/aromatic N) is 4. The summed E-state index contributed by atoms with van der Waals surface area (Å²) in [4.78, 5) is 9.51. The number of hydrogen-bond donors (Lipinski definition) is 1. The molecule has 0 saturated carbocycles. The topological polar surface area (TPSA) is 53.8 Å². The number of aliphatic hydroxyl groups is 1. The van der Waals surface area contributed by atoms with Crippen molar-refractivity contribution in [3.63, 3.8) is 0 Å². The average molecular weight is 346 g/mol. The predicted octanol–water partition coefficient (Wildman–Crippen LogP) is 1.19. The third kappa shape index (κ3) is 4.20. The first-order valence-corrected chi connectivity index (χ1v) is 9.03. The molecule has 0 spiro atoms. The maximum Gasteiger partial charge on any atom is 0.123 e. The van der Waals surface area contributed by atoms with Gasteiger partial charge in [-0.15, -0.1) is 0 Å². The summed E-state index contributed by atoms with van der Waals surface area (Å²) in [5, 5.41) is 9.79. The van der Waals surface area contributed by atoms with E-state index in [0.29, 0.717) is 11.8 Å². The van der Waals surface area contributed by atoms with Crippen LogP contribution in [-0.2, 0) is 18.3 Å². The maximum atomic E-state index is 9.79. The second kappa shape index (κ2) is 8.27. The van der Waals surface area contributed by atoms with Crippen LogP contribution >= 0.6 is 0 Å². The minimum atomic E-state index is 0.252. The number of methoxy groups -OCH3 is 1. The van der Waals surface area contributed by atoms with Crippen molar-refractivity contribution in [2.45, 2.75) is 6.54 Å². The number of imidazole rings is 1. The van der Waals surface area contributed by atoms with Crippen LogP contribution in [0.25, 0.3) is 11.0 Å². The van der Waals surface area contributed by atoms with E-state index in [4.69, 9.17) is 9.72 Å². The summed E-state index contributed by atoms with van der Waals surface area (Å²) in [5.74, 6) is 1.91. The van der Waals surface area contributed by atoms with Crippen LogP contribution in [0.4, 0.5) is 0 Å². The predicted molar refractivity (Wildman–Crippen MR) is 99.4 cm³/mol. The van der Waals surface area contributed by atoms with Crippen LogP contribution in [0.1, 0.15) is 5.82 Å². The lowest BCUT2D eigenvalue weighted by atomic mass is 9.96. The normalized spacial score (nSPS) is 21.6. The Morgan fingerprint density at radius 2 is 2.04 bits per heavy atom. The highest BCUT2D eigenvalue weighted by atomic mass is 16.5. The molecule has 1 N–H and O–H groups in total. The van der Waals surface area contributed by atoms with Gasteiger partial charge in [-0.25, -0.2) is 4.98 Å². The number of hydrogen-bond acceptors (Lipinski definition) is 5. The highest BCUT2D eigenvalue weighted by Gasteiger charge is 2.33. The summed E-state index contributed by atoms with van der Waals surface area (Å²) in [6.45, 7) is 5.69. The van der Waals surface area contributed by atoms with E-state index in [0.717, 1.165) is 50.7 Å². The minimum Gasteiger partial charge on any atom is -0.396 e. The van der Waals surface area contributed by atoms with E-state index in [9.17, 15) is 5.11 Å². The molecule has 25 heavy (non-hydrogen) atoms. The first-order valence-electron chi connectivity index (χ1n) is 9.03. The number of fused-ring (bicyclic) bond motifs is 1. The zero-order valence-corrected chi connectivity index (χ0v) is 15.6. The Bertz CT molecular complexity index is 687. The smallest absolute Gasteiger partial charge is 0.123 e. The summed E-state index contributed by atoms with van der Waals surface area (Å²) in [5.41, 5.74) is 2.22. The molecule has 0 aliphatic carbocycles. The molecule has 0 radical (unpaired) electrons. The largest absolute Gasteiger partial charge is 0.396 e. The van der Waals surface area contributed by atoms with Gasteiger partial charge < -0.3 is 19.3 Å². The molecule has 2 atom stereocenters. The van der Waals surface area contributed by atoms with Crippen molar-refractivity contribution in [2.24, 2.45) is 18.9 Å². The fourth-order valence-electron chi connectivity index (χ4n) is 3.85. The molecule has 3 rings (SSSR count). The van der Waals surface area contributed by atoms with Gasteiger partial charge in [0.25, 0.3) is 0 Å². The van der Waals surface area contributed by atoms with Crippen LogP contribution in [0, 0.1) is 11.8 Å². The molecule has 0 unspecified atom stereocenters. The summed E-state index contributed by atoms with van der Waals surface area (Å²) < 4.78 is 7.34. The van der Waals surface area contributed by atoms with Crippen molar-refractivity contribution in [3.05, 3.63) is 30.1 Å². The van der Waals surface area contributed by atoms with Gasteiger partial charge in [-0.1, -0.05) is 12.1 Å². The minimum absolute atomic E-state index is 0.252. The molecular formula is C19H30N4O2. The summed E-state index contributed by atoms with van der Waals surface area (Å²) in [6.07, 6.45) is 0. The van der Waals surface area contributed by atoms with Crippen LogP contribution in [0.5, 0.6) is 0 Å². The summed E-state index contributed by atoms with van der Waals surface area (Å²) in [6, 6.07) is 8.26. The van der Waals surface area contributed by atoms with E-state index in [2.05, 4.69) is 46.7 Å². The average Bonchev–Trinajstić information content (AvgIpc) is 3.14. The van der Waals surface area contributed by atoms with Crippen LogP contribution in [-0.4, -0.2) is 78.0 Å². The van der Waals surface area contributed by atoms with Crippen molar-refractivity contribution in [2.75, 3.05) is 53.6 Å². The van der Waals surface area contributed by atoms with Gasteiger partial charge in [0.1, 0.15) is 5.82 Å². The molecule has 1 saturated heterocycles. The maximum absolute atomic E-state index is 9.79. The zero-order valence-electron chi connectivity index (χ0n) is 15.6. The van der Waals surface area contributed by atoms with E-state index >= 15 is 0 Å². The number of likely N-dealkylation sites (N-methyl/N-ethyl adjacent to an activating group) is 1. The van der Waals surface area contributed by atoms with Crippen LogP contribution in [0.2, 0.25) is 0 Å². The van der Waals surface area contributed by atoms with Gasteiger partial charge in [0.2, 0.25) is 0 Å². The van der Waals surface area contributed by atoms with Crippen LogP contribution in [0.15, 0.2) is 24.3 Å². The molecular weight excluding hydrogens is 316 g/mol. The Balaban J connectivity index is 1.64. The van der Waals surface area contributed by atoms with Crippen molar-refractivity contribution in [1.29, 1.82) is 0 Å². The fourth-order valence-corrected chi connectivity index (χ4v) is 3.85. The Morgan fingerprint density at radius 1 is 1.28 bits per heavy atom. The lowest BCUT2D eigenvalue weighted by molar-refractivity contribution is 0.136. The van der Waals surface area contributed by atoms with E-state index in [-0.39, 0.29) is 6.61 Å². The highest BCUT2D eigenvalue weighted by molar-refractivity contribution is 5.75. The number of para-hydroxylation sites is 2. The number of aryl methyl sites for hydroxylation is 1. The van der Waals surface area contributed by atoms with Crippen molar-refractivity contribution in [1.82, 2.24) is 19.4 Å². The quantitative estimate of drug-likeness (QED) is 0.778. The van der Waals surface area contributed by atoms with E-state index in [1.54, 1.807) is 7.11 Å². The van der Waals surface area contributed by atoms with Gasteiger partial charge in [-0.05, 0) is 31.0 Å². The van der Waals surface area contributed by atoms with E-state index in [1.165, 1.54) is 5.52 Å². The van der Waals surface area contributed by atoms with Crippen molar-refractivity contribution < 1.29 is 9.84 Å². The third-order valence-corrected chi connectivity index (χ3v) is 5.35. The molecule has 6 nitrogen and oxygen atoms in total. The Morgan fingerprint density at radius 3 is 2.76 bits per heavy atom. The van der Waals surface area contributed by atoms with E-state index < -0.39 is 0 Å². The van der Waals surface area contributed by atoms with Gasteiger partial charge in [0.05, 0.1) is 24.2 Å². The molecule has 1 aliphatic heterocycles. The molecule has 1 aliphatic rings. The van der Waals surface area contributed by atoms with Gasteiger partial charge in [-0.3, -0.25) is 4.90 Å². The molecule has 1 aromatic heterocycles. The molecule has 6 heteroatoms. The third-order valence-electron chi connectivity index (χ3n) is 5.35. The molecule has 138 valence electrons. The second-order valence-corrected chi connectivity index (χ2v) is 7.23. The molecule has 1 fully saturated rings. The van der Waals surface area contributed by atoms with Gasteiger partial charge >= 0.3 is 0 Å². The lowest BCUT2D eigenvalue weighted by Crippen LogP contribution is -2.33. The highest BCUT2D eigenvalue weighted by Crippen LogP contribution is 2.26. The standard InChI is InChI=1S/C19H30N4O2/c1-21(8-9-25-3)10-15-11-23(12-16(15)14-24)13-19-20-17-6-4-5-7-18(17)22(19)2/h4-7,15-16,24H,8-14H2,1-3H3/t15-,16-/m1/s1. The number of aliphatic hydroxyl groups excluding tert-OH is 1. The summed E-state index contributed by atoms with van der Waals surface area (Å²) >= 11 is 0. The lowest BCUT2D eigenvalue weighted by Gasteiger charge is -2.23. The van der Waals surface area contributed by atoms with Crippen LogP contribution in [0.3, 0.4) is 0 Å².